The van der Waals surface area contributed by atoms with Gasteiger partial charge in [0.15, 0.2) is 5.78 Å². The van der Waals surface area contributed by atoms with Crippen molar-refractivity contribution in [3.05, 3.63) is 29.8 Å². The Balaban J connectivity index is 0. The average Bonchev–Trinajstić information content (AvgIpc) is 2.35. The molecule has 0 aliphatic rings. The molecular formula is C14H24O2. The van der Waals surface area contributed by atoms with Crippen LogP contribution < -0.4 is 4.74 Å². The molecule has 92 valence electrons. The molecule has 0 unspecified atom stereocenters. The van der Waals surface area contributed by atoms with Gasteiger partial charge in [0, 0.05) is 5.56 Å². The van der Waals surface area contributed by atoms with Crippen LogP contribution in [0.1, 0.15) is 51.9 Å². The molecule has 0 fully saturated rings. The Kier molecular flexibility index (Phi) is 12.6. The number of carbonyl (C=O) groups excluding carboxylic acids is 1. The predicted octanol–water partition coefficient (Wildman–Crippen LogP) is 4.34. The van der Waals surface area contributed by atoms with Gasteiger partial charge in [0.05, 0.1) is 6.61 Å². The molecule has 1 rings (SSSR count). The van der Waals surface area contributed by atoms with Crippen LogP contribution >= 0.6 is 0 Å². The van der Waals surface area contributed by atoms with Crippen LogP contribution in [0.5, 0.6) is 5.75 Å². The second kappa shape index (κ2) is 11.8. The molecule has 0 spiro atoms. The van der Waals surface area contributed by atoms with E-state index in [1.807, 2.05) is 34.6 Å². The molecule has 1 aromatic rings. The van der Waals surface area contributed by atoms with Crippen LogP contribution in [0.25, 0.3) is 0 Å². The maximum absolute atomic E-state index is 10.9. The summed E-state index contributed by atoms with van der Waals surface area (Å²) in [6, 6.07) is 7.15. The lowest BCUT2D eigenvalue weighted by atomic mass is 10.1. The highest BCUT2D eigenvalue weighted by atomic mass is 16.5. The Morgan fingerprint density at radius 1 is 1.06 bits per heavy atom. The van der Waals surface area contributed by atoms with E-state index in [4.69, 9.17) is 4.74 Å². The highest BCUT2D eigenvalue weighted by Gasteiger charge is 1.97. The van der Waals surface area contributed by atoms with E-state index in [2.05, 4.69) is 0 Å². The van der Waals surface area contributed by atoms with Crippen LogP contribution in [0.15, 0.2) is 24.3 Å². The fourth-order valence-electron chi connectivity index (χ4n) is 0.953. The minimum atomic E-state index is 0.0815. The topological polar surface area (TPSA) is 26.3 Å². The van der Waals surface area contributed by atoms with Crippen molar-refractivity contribution < 1.29 is 9.53 Å². The number of ether oxygens (including phenoxy) is 1. The van der Waals surface area contributed by atoms with Gasteiger partial charge in [0.25, 0.3) is 0 Å². The first-order valence-electron chi connectivity index (χ1n) is 5.98. The number of ketones is 1. The highest BCUT2D eigenvalue weighted by molar-refractivity contribution is 5.94. The minimum Gasteiger partial charge on any atom is -0.494 e. The molecule has 0 aromatic heterocycles. The molecule has 0 bridgehead atoms. The summed E-state index contributed by atoms with van der Waals surface area (Å²) in [5.41, 5.74) is 0.721. The third kappa shape index (κ3) is 7.04. The Labute approximate surface area is 99.6 Å². The molecule has 1 aromatic carbocycles. The molecule has 0 amide bonds. The highest BCUT2D eigenvalue weighted by Crippen LogP contribution is 2.11. The van der Waals surface area contributed by atoms with Crippen LogP contribution in [0.3, 0.4) is 0 Å². The van der Waals surface area contributed by atoms with Gasteiger partial charge in [-0.25, -0.2) is 0 Å². The molecule has 0 saturated heterocycles. The first-order valence-corrected chi connectivity index (χ1v) is 5.98. The second-order valence-electron chi connectivity index (χ2n) is 2.51. The molecule has 2 nitrogen and oxygen atoms in total. The van der Waals surface area contributed by atoms with Crippen LogP contribution in [0.4, 0.5) is 0 Å². The van der Waals surface area contributed by atoms with Crippen molar-refractivity contribution >= 4 is 5.78 Å². The predicted molar refractivity (Wildman–Crippen MR) is 70.3 cm³/mol. The lowest BCUT2D eigenvalue weighted by Gasteiger charge is -2.02. The third-order valence-corrected chi connectivity index (χ3v) is 1.57. The zero-order valence-electron chi connectivity index (χ0n) is 11.3. The normalized spacial score (nSPS) is 7.88. The minimum absolute atomic E-state index is 0.0815. The number of hydrogen-bond donors (Lipinski definition) is 0. The van der Waals surface area contributed by atoms with Crippen molar-refractivity contribution in [1.29, 1.82) is 0 Å². The third-order valence-electron chi connectivity index (χ3n) is 1.57. The molecule has 16 heavy (non-hydrogen) atoms. The van der Waals surface area contributed by atoms with Gasteiger partial charge in [0.1, 0.15) is 5.75 Å². The van der Waals surface area contributed by atoms with E-state index < -0.39 is 0 Å². The van der Waals surface area contributed by atoms with Gasteiger partial charge in [-0.15, -0.1) is 0 Å². The molecular weight excluding hydrogens is 200 g/mol. The summed E-state index contributed by atoms with van der Waals surface area (Å²) in [5.74, 6) is 0.889. The summed E-state index contributed by atoms with van der Waals surface area (Å²) in [6.07, 6.45) is 0. The van der Waals surface area contributed by atoms with Crippen LogP contribution in [0.2, 0.25) is 0 Å². The van der Waals surface area contributed by atoms with Crippen molar-refractivity contribution in [2.75, 3.05) is 6.61 Å². The van der Waals surface area contributed by atoms with Gasteiger partial charge < -0.3 is 4.74 Å². The Morgan fingerprint density at radius 2 is 1.50 bits per heavy atom. The van der Waals surface area contributed by atoms with E-state index in [1.54, 1.807) is 31.2 Å². The van der Waals surface area contributed by atoms with Crippen molar-refractivity contribution in [3.63, 3.8) is 0 Å². The largest absolute Gasteiger partial charge is 0.494 e. The first-order chi connectivity index (χ1) is 7.74. The number of Topliss-reactive ketones (excluding diaryl/α,β-unsaturated/α-hetero) is 1. The summed E-state index contributed by atoms with van der Waals surface area (Å²) in [4.78, 5) is 10.9. The van der Waals surface area contributed by atoms with E-state index in [-0.39, 0.29) is 5.78 Å². The van der Waals surface area contributed by atoms with Gasteiger partial charge >= 0.3 is 0 Å². The fraction of sp³-hybridized carbons (Fsp3) is 0.500. The first kappa shape index (κ1) is 17.1. The number of hydrogen-bond acceptors (Lipinski definition) is 2. The molecule has 0 aliphatic carbocycles. The van der Waals surface area contributed by atoms with Gasteiger partial charge in [-0.2, -0.15) is 0 Å². The van der Waals surface area contributed by atoms with Crippen molar-refractivity contribution in [2.24, 2.45) is 0 Å². The summed E-state index contributed by atoms with van der Waals surface area (Å²) in [5, 5.41) is 0. The zero-order valence-corrected chi connectivity index (χ0v) is 11.3. The van der Waals surface area contributed by atoms with E-state index in [0.717, 1.165) is 11.3 Å². The van der Waals surface area contributed by atoms with Crippen molar-refractivity contribution in [3.8, 4) is 5.75 Å². The average molecular weight is 224 g/mol. The smallest absolute Gasteiger partial charge is 0.159 e. The molecule has 0 aliphatic heterocycles. The summed E-state index contributed by atoms with van der Waals surface area (Å²) in [7, 11) is 0. The SMILES string of the molecule is CC.CC.CCOc1ccc(C(C)=O)cc1. The van der Waals surface area contributed by atoms with Crippen LogP contribution in [0, 0.1) is 0 Å². The maximum Gasteiger partial charge on any atom is 0.159 e. The fourth-order valence-corrected chi connectivity index (χ4v) is 0.953. The van der Waals surface area contributed by atoms with E-state index in [0.29, 0.717) is 6.61 Å². The molecule has 0 heterocycles. The van der Waals surface area contributed by atoms with Crippen LogP contribution in [-0.4, -0.2) is 12.4 Å². The van der Waals surface area contributed by atoms with Crippen LogP contribution in [-0.2, 0) is 0 Å². The standard InChI is InChI=1S/C10H12O2.2C2H6/c1-3-12-10-6-4-9(5-7-10)8(2)11;2*1-2/h4-7H,3H2,1-2H3;2*1-2H3. The quantitative estimate of drug-likeness (QED) is 0.714. The number of rotatable bonds is 3. The van der Waals surface area contributed by atoms with Gasteiger partial charge in [-0.3, -0.25) is 4.79 Å². The van der Waals surface area contributed by atoms with E-state index in [1.165, 1.54) is 0 Å². The van der Waals surface area contributed by atoms with Crippen molar-refractivity contribution in [2.45, 2.75) is 41.5 Å². The van der Waals surface area contributed by atoms with E-state index in [9.17, 15) is 4.79 Å². The Hall–Kier alpha value is -1.31. The molecule has 0 N–H and O–H groups in total. The Bertz CT molecular complexity index is 263. The summed E-state index contributed by atoms with van der Waals surface area (Å²) >= 11 is 0. The zero-order chi connectivity index (χ0) is 13.0. The van der Waals surface area contributed by atoms with Crippen molar-refractivity contribution in [1.82, 2.24) is 0 Å². The maximum atomic E-state index is 10.9. The van der Waals surface area contributed by atoms with Gasteiger partial charge in [-0.1, -0.05) is 27.7 Å². The molecule has 0 saturated carbocycles. The lowest BCUT2D eigenvalue weighted by Crippen LogP contribution is -1.94. The number of carbonyl (C=O) groups is 1. The molecule has 0 atom stereocenters. The lowest BCUT2D eigenvalue weighted by molar-refractivity contribution is 0.101. The number of benzene rings is 1. The summed E-state index contributed by atoms with van der Waals surface area (Å²) in [6.45, 7) is 12.1. The van der Waals surface area contributed by atoms with E-state index >= 15 is 0 Å². The Morgan fingerprint density at radius 3 is 1.81 bits per heavy atom. The molecule has 0 radical (unpaired) electrons. The van der Waals surface area contributed by atoms with Gasteiger partial charge in [0.2, 0.25) is 0 Å². The second-order valence-corrected chi connectivity index (χ2v) is 2.51. The molecule has 2 heteroatoms. The van der Waals surface area contributed by atoms with Gasteiger partial charge in [-0.05, 0) is 38.1 Å². The monoisotopic (exact) mass is 224 g/mol. The summed E-state index contributed by atoms with van der Waals surface area (Å²) < 4.78 is 5.23.